The first kappa shape index (κ1) is 8.75. The van der Waals surface area contributed by atoms with Gasteiger partial charge in [0.2, 0.25) is 0 Å². The summed E-state index contributed by atoms with van der Waals surface area (Å²) >= 11 is 3.40. The van der Waals surface area contributed by atoms with Crippen LogP contribution < -0.4 is 5.32 Å². The molecule has 0 spiro atoms. The fourth-order valence-corrected chi connectivity index (χ4v) is 1.18. The molecular weight excluding hydrogens is 202 g/mol. The van der Waals surface area contributed by atoms with E-state index in [1.54, 1.807) is 0 Å². The largest absolute Gasteiger partial charge is 0.313 e. The molecule has 0 aliphatic heterocycles. The van der Waals surface area contributed by atoms with Crippen LogP contribution in [0, 0.1) is 0 Å². The lowest BCUT2D eigenvalue weighted by Crippen LogP contribution is -2.11. The van der Waals surface area contributed by atoms with E-state index in [2.05, 4.69) is 52.4 Å². The maximum absolute atomic E-state index is 3.40. The van der Waals surface area contributed by atoms with Crippen molar-refractivity contribution in [2.24, 2.45) is 0 Å². The van der Waals surface area contributed by atoms with Crippen LogP contribution in [-0.4, -0.2) is 7.05 Å². The molecule has 0 fully saturated rings. The molecule has 1 aromatic carbocycles. The Labute approximate surface area is 75.9 Å². The molecule has 0 aromatic heterocycles. The Kier molecular flexibility index (Phi) is 3.09. The summed E-state index contributed by atoms with van der Waals surface area (Å²) in [6.45, 7) is 2.14. The molecule has 0 amide bonds. The van der Waals surface area contributed by atoms with Gasteiger partial charge in [-0.15, -0.1) is 0 Å². The summed E-state index contributed by atoms with van der Waals surface area (Å²) < 4.78 is 1.13. The van der Waals surface area contributed by atoms with Crippen LogP contribution in [0.5, 0.6) is 0 Å². The Morgan fingerprint density at radius 1 is 1.27 bits per heavy atom. The zero-order valence-electron chi connectivity index (χ0n) is 6.76. The van der Waals surface area contributed by atoms with Gasteiger partial charge >= 0.3 is 0 Å². The van der Waals surface area contributed by atoms with E-state index >= 15 is 0 Å². The predicted octanol–water partition coefficient (Wildman–Crippen LogP) is 2.73. The molecule has 0 bridgehead atoms. The summed E-state index contributed by atoms with van der Waals surface area (Å²) in [6, 6.07) is 8.78. The van der Waals surface area contributed by atoms with E-state index in [-0.39, 0.29) is 0 Å². The van der Waals surface area contributed by atoms with Gasteiger partial charge in [0.25, 0.3) is 0 Å². The van der Waals surface area contributed by atoms with E-state index in [1.807, 2.05) is 7.05 Å². The second-order valence-electron chi connectivity index (χ2n) is 2.56. The molecule has 0 aliphatic rings. The van der Waals surface area contributed by atoms with E-state index in [0.29, 0.717) is 6.04 Å². The SMILES string of the molecule is CN[C@@H](C)c1ccc(Br)cc1. The van der Waals surface area contributed by atoms with Crippen molar-refractivity contribution >= 4 is 15.9 Å². The quantitative estimate of drug-likeness (QED) is 0.798. The van der Waals surface area contributed by atoms with E-state index in [4.69, 9.17) is 0 Å². The molecular formula is C9H12BrN. The van der Waals surface area contributed by atoms with Crippen LogP contribution in [0.15, 0.2) is 28.7 Å². The molecule has 0 unspecified atom stereocenters. The Morgan fingerprint density at radius 2 is 1.82 bits per heavy atom. The fourth-order valence-electron chi connectivity index (χ4n) is 0.918. The van der Waals surface area contributed by atoms with E-state index in [9.17, 15) is 0 Å². The van der Waals surface area contributed by atoms with Gasteiger partial charge < -0.3 is 5.32 Å². The highest BCUT2D eigenvalue weighted by atomic mass is 79.9. The van der Waals surface area contributed by atoms with Gasteiger partial charge in [0, 0.05) is 10.5 Å². The van der Waals surface area contributed by atoms with Gasteiger partial charge in [-0.3, -0.25) is 0 Å². The van der Waals surface area contributed by atoms with Crippen LogP contribution in [0.3, 0.4) is 0 Å². The highest BCUT2D eigenvalue weighted by Crippen LogP contribution is 2.15. The molecule has 2 heteroatoms. The summed E-state index contributed by atoms with van der Waals surface area (Å²) in [7, 11) is 1.96. The van der Waals surface area contributed by atoms with Crippen LogP contribution in [0.1, 0.15) is 18.5 Å². The molecule has 0 heterocycles. The van der Waals surface area contributed by atoms with Crippen molar-refractivity contribution in [1.29, 1.82) is 0 Å². The number of rotatable bonds is 2. The first-order valence-electron chi connectivity index (χ1n) is 3.67. The summed E-state index contributed by atoms with van der Waals surface area (Å²) in [5.41, 5.74) is 1.32. The number of hydrogen-bond acceptors (Lipinski definition) is 1. The number of nitrogens with one attached hydrogen (secondary N) is 1. The second kappa shape index (κ2) is 3.88. The average molecular weight is 214 g/mol. The second-order valence-corrected chi connectivity index (χ2v) is 3.48. The molecule has 1 N–H and O–H groups in total. The first-order valence-corrected chi connectivity index (χ1v) is 4.46. The number of hydrogen-bond donors (Lipinski definition) is 1. The van der Waals surface area contributed by atoms with Crippen molar-refractivity contribution in [2.75, 3.05) is 7.05 Å². The van der Waals surface area contributed by atoms with Crippen molar-refractivity contribution in [3.8, 4) is 0 Å². The van der Waals surface area contributed by atoms with E-state index < -0.39 is 0 Å². The number of halogens is 1. The summed E-state index contributed by atoms with van der Waals surface area (Å²) in [6.07, 6.45) is 0. The Morgan fingerprint density at radius 3 is 2.27 bits per heavy atom. The van der Waals surface area contributed by atoms with Crippen LogP contribution in [0.25, 0.3) is 0 Å². The van der Waals surface area contributed by atoms with Gasteiger partial charge in [0.15, 0.2) is 0 Å². The van der Waals surface area contributed by atoms with Crippen LogP contribution >= 0.6 is 15.9 Å². The third kappa shape index (κ3) is 2.31. The lowest BCUT2D eigenvalue weighted by atomic mass is 10.1. The smallest absolute Gasteiger partial charge is 0.0289 e. The average Bonchev–Trinajstić information content (AvgIpc) is 2.05. The van der Waals surface area contributed by atoms with Crippen molar-refractivity contribution in [2.45, 2.75) is 13.0 Å². The summed E-state index contributed by atoms with van der Waals surface area (Å²) in [5.74, 6) is 0. The number of benzene rings is 1. The van der Waals surface area contributed by atoms with Crippen LogP contribution in [0.4, 0.5) is 0 Å². The zero-order valence-corrected chi connectivity index (χ0v) is 8.35. The third-order valence-corrected chi connectivity index (χ3v) is 2.33. The summed E-state index contributed by atoms with van der Waals surface area (Å²) in [4.78, 5) is 0. The van der Waals surface area contributed by atoms with E-state index in [1.165, 1.54) is 5.56 Å². The lowest BCUT2D eigenvalue weighted by molar-refractivity contribution is 0.652. The Bertz CT molecular complexity index is 218. The molecule has 0 aliphatic carbocycles. The van der Waals surface area contributed by atoms with Gasteiger partial charge in [-0.2, -0.15) is 0 Å². The highest BCUT2D eigenvalue weighted by Gasteiger charge is 1.99. The minimum Gasteiger partial charge on any atom is -0.313 e. The Balaban J connectivity index is 2.81. The molecule has 60 valence electrons. The molecule has 1 nitrogen and oxygen atoms in total. The van der Waals surface area contributed by atoms with Crippen molar-refractivity contribution in [3.63, 3.8) is 0 Å². The highest BCUT2D eigenvalue weighted by molar-refractivity contribution is 9.10. The third-order valence-electron chi connectivity index (χ3n) is 1.80. The van der Waals surface area contributed by atoms with Gasteiger partial charge in [-0.25, -0.2) is 0 Å². The van der Waals surface area contributed by atoms with Gasteiger partial charge in [-0.1, -0.05) is 28.1 Å². The van der Waals surface area contributed by atoms with Gasteiger partial charge in [0.05, 0.1) is 0 Å². The summed E-state index contributed by atoms with van der Waals surface area (Å²) in [5, 5.41) is 3.19. The normalized spacial score (nSPS) is 13.0. The predicted molar refractivity (Wildman–Crippen MR) is 51.6 cm³/mol. The maximum Gasteiger partial charge on any atom is 0.0289 e. The minimum atomic E-state index is 0.433. The van der Waals surface area contributed by atoms with Crippen molar-refractivity contribution in [1.82, 2.24) is 5.32 Å². The maximum atomic E-state index is 3.40. The van der Waals surface area contributed by atoms with Gasteiger partial charge in [-0.05, 0) is 31.7 Å². The van der Waals surface area contributed by atoms with Crippen LogP contribution in [0.2, 0.25) is 0 Å². The van der Waals surface area contributed by atoms with E-state index in [0.717, 1.165) is 4.47 Å². The Hall–Kier alpha value is -0.340. The van der Waals surface area contributed by atoms with Crippen molar-refractivity contribution in [3.05, 3.63) is 34.3 Å². The molecule has 0 radical (unpaired) electrons. The molecule has 1 aromatic rings. The molecule has 11 heavy (non-hydrogen) atoms. The molecule has 1 rings (SSSR count). The molecule has 1 atom stereocenters. The topological polar surface area (TPSA) is 12.0 Å². The zero-order chi connectivity index (χ0) is 8.27. The minimum absolute atomic E-state index is 0.433. The van der Waals surface area contributed by atoms with Gasteiger partial charge in [0.1, 0.15) is 0 Å². The fraction of sp³-hybridized carbons (Fsp3) is 0.333. The van der Waals surface area contributed by atoms with Crippen LogP contribution in [-0.2, 0) is 0 Å². The monoisotopic (exact) mass is 213 g/mol. The molecule has 0 saturated heterocycles. The lowest BCUT2D eigenvalue weighted by Gasteiger charge is -2.09. The first-order chi connectivity index (χ1) is 5.24. The van der Waals surface area contributed by atoms with Crippen molar-refractivity contribution < 1.29 is 0 Å². The molecule has 0 saturated carbocycles. The standard InChI is InChI=1S/C9H12BrN/c1-7(11-2)8-3-5-9(10)6-4-8/h3-7,11H,1-2H3/t7-/m0/s1.